The van der Waals surface area contributed by atoms with Crippen LogP contribution in [0.5, 0.6) is 0 Å². The number of halogens is 1. The third-order valence-corrected chi connectivity index (χ3v) is 4.38. The van der Waals surface area contributed by atoms with E-state index in [1.807, 2.05) is 7.05 Å². The lowest BCUT2D eigenvalue weighted by atomic mass is 10.0. The quantitative estimate of drug-likeness (QED) is 0.890. The summed E-state index contributed by atoms with van der Waals surface area (Å²) < 4.78 is 6.92. The van der Waals surface area contributed by atoms with E-state index in [4.69, 9.17) is 4.74 Å². The van der Waals surface area contributed by atoms with Crippen LogP contribution in [-0.2, 0) is 4.74 Å². The Bertz CT molecular complexity index is 399. The van der Waals surface area contributed by atoms with E-state index in [0.29, 0.717) is 18.2 Å². The van der Waals surface area contributed by atoms with Gasteiger partial charge in [0.2, 0.25) is 0 Å². The normalized spacial score (nSPS) is 25.6. The number of morpholine rings is 1. The molecule has 0 amide bonds. The lowest BCUT2D eigenvalue weighted by Crippen LogP contribution is -2.46. The summed E-state index contributed by atoms with van der Waals surface area (Å²) in [5.41, 5.74) is 1.35. The van der Waals surface area contributed by atoms with Crippen molar-refractivity contribution in [3.63, 3.8) is 0 Å². The van der Waals surface area contributed by atoms with Crippen LogP contribution in [0, 0.1) is 0 Å². The molecule has 20 heavy (non-hydrogen) atoms. The van der Waals surface area contributed by atoms with Gasteiger partial charge in [-0.05, 0) is 45.0 Å². The van der Waals surface area contributed by atoms with Gasteiger partial charge in [-0.25, -0.2) is 0 Å². The maximum absolute atomic E-state index is 5.78. The largest absolute Gasteiger partial charge is 0.373 e. The highest BCUT2D eigenvalue weighted by Crippen LogP contribution is 2.20. The van der Waals surface area contributed by atoms with Gasteiger partial charge in [0, 0.05) is 30.1 Å². The van der Waals surface area contributed by atoms with E-state index in [2.05, 4.69) is 64.3 Å². The van der Waals surface area contributed by atoms with Crippen LogP contribution in [0.1, 0.15) is 31.9 Å². The Morgan fingerprint density at radius 1 is 1.25 bits per heavy atom. The van der Waals surface area contributed by atoms with Crippen LogP contribution >= 0.6 is 15.9 Å². The Balaban J connectivity index is 1.89. The highest BCUT2D eigenvalue weighted by molar-refractivity contribution is 9.10. The van der Waals surface area contributed by atoms with Gasteiger partial charge in [-0.2, -0.15) is 0 Å². The number of hydrogen-bond acceptors (Lipinski definition) is 3. The van der Waals surface area contributed by atoms with Crippen molar-refractivity contribution in [2.24, 2.45) is 0 Å². The molecule has 3 nitrogen and oxygen atoms in total. The van der Waals surface area contributed by atoms with Crippen molar-refractivity contribution < 1.29 is 4.74 Å². The molecule has 2 rings (SSSR count). The molecule has 0 radical (unpaired) electrons. The van der Waals surface area contributed by atoms with Crippen molar-refractivity contribution in [2.75, 3.05) is 26.7 Å². The maximum atomic E-state index is 5.78. The second kappa shape index (κ2) is 7.55. The van der Waals surface area contributed by atoms with E-state index in [-0.39, 0.29) is 0 Å². The van der Waals surface area contributed by atoms with Crippen LogP contribution in [0.25, 0.3) is 0 Å². The summed E-state index contributed by atoms with van der Waals surface area (Å²) >= 11 is 3.49. The molecule has 0 aliphatic carbocycles. The van der Waals surface area contributed by atoms with Gasteiger partial charge in [-0.3, -0.25) is 4.90 Å². The topological polar surface area (TPSA) is 24.5 Å². The minimum absolute atomic E-state index is 0.347. The first-order chi connectivity index (χ1) is 9.58. The Kier molecular flexibility index (Phi) is 6.02. The van der Waals surface area contributed by atoms with Crippen molar-refractivity contribution >= 4 is 15.9 Å². The molecule has 3 unspecified atom stereocenters. The predicted molar refractivity (Wildman–Crippen MR) is 87.0 cm³/mol. The van der Waals surface area contributed by atoms with Crippen LogP contribution in [0.3, 0.4) is 0 Å². The van der Waals surface area contributed by atoms with Crippen LogP contribution < -0.4 is 5.32 Å². The Morgan fingerprint density at radius 3 is 2.40 bits per heavy atom. The van der Waals surface area contributed by atoms with Crippen LogP contribution in [0.2, 0.25) is 0 Å². The fraction of sp³-hybridized carbons (Fsp3) is 0.625. The third-order valence-electron chi connectivity index (χ3n) is 3.85. The van der Waals surface area contributed by atoms with Crippen LogP contribution in [-0.4, -0.2) is 43.8 Å². The molecule has 0 aromatic heterocycles. The van der Waals surface area contributed by atoms with Gasteiger partial charge in [-0.1, -0.05) is 28.1 Å². The van der Waals surface area contributed by atoms with Gasteiger partial charge in [-0.15, -0.1) is 0 Å². The van der Waals surface area contributed by atoms with Gasteiger partial charge < -0.3 is 10.1 Å². The van der Waals surface area contributed by atoms with E-state index in [1.54, 1.807) is 0 Å². The lowest BCUT2D eigenvalue weighted by molar-refractivity contribution is -0.0685. The number of nitrogens with one attached hydrogen (secondary N) is 1. The van der Waals surface area contributed by atoms with Gasteiger partial charge in [0.15, 0.2) is 0 Å². The SMILES string of the molecule is CNC(CCN1CC(C)OC(C)C1)c1ccc(Br)cc1. The standard InChI is InChI=1S/C16H25BrN2O/c1-12-10-19(11-13(2)20-12)9-8-16(18-3)14-4-6-15(17)7-5-14/h4-7,12-13,16,18H,8-11H2,1-3H3. The lowest BCUT2D eigenvalue weighted by Gasteiger charge is -2.36. The van der Waals surface area contributed by atoms with Gasteiger partial charge in [0.1, 0.15) is 0 Å². The molecule has 0 saturated carbocycles. The molecule has 1 aromatic carbocycles. The van der Waals surface area contributed by atoms with Crippen LogP contribution in [0.4, 0.5) is 0 Å². The monoisotopic (exact) mass is 340 g/mol. The third kappa shape index (κ3) is 4.55. The highest BCUT2D eigenvalue weighted by Gasteiger charge is 2.22. The molecule has 1 fully saturated rings. The van der Waals surface area contributed by atoms with Gasteiger partial charge >= 0.3 is 0 Å². The van der Waals surface area contributed by atoms with Crippen molar-refractivity contribution in [2.45, 2.75) is 38.5 Å². The van der Waals surface area contributed by atoms with E-state index in [0.717, 1.165) is 30.5 Å². The molecule has 1 N–H and O–H groups in total. The van der Waals surface area contributed by atoms with Crippen molar-refractivity contribution in [3.8, 4) is 0 Å². The van der Waals surface area contributed by atoms with Gasteiger partial charge in [0.05, 0.1) is 12.2 Å². The van der Waals surface area contributed by atoms with Gasteiger partial charge in [0.25, 0.3) is 0 Å². The minimum Gasteiger partial charge on any atom is -0.373 e. The molecule has 4 heteroatoms. The number of ether oxygens (including phenoxy) is 1. The van der Waals surface area contributed by atoms with Crippen LogP contribution in [0.15, 0.2) is 28.7 Å². The molecular formula is C16H25BrN2O. The molecule has 3 atom stereocenters. The molecule has 1 saturated heterocycles. The number of rotatable bonds is 5. The first kappa shape index (κ1) is 16.0. The Labute approximate surface area is 130 Å². The predicted octanol–water partition coefficient (Wildman–Crippen LogP) is 3.21. The van der Waals surface area contributed by atoms with E-state index < -0.39 is 0 Å². The number of benzene rings is 1. The fourth-order valence-electron chi connectivity index (χ4n) is 2.95. The first-order valence-electron chi connectivity index (χ1n) is 7.39. The van der Waals surface area contributed by atoms with Crippen molar-refractivity contribution in [1.82, 2.24) is 10.2 Å². The molecule has 112 valence electrons. The molecule has 1 aliphatic heterocycles. The molecular weight excluding hydrogens is 316 g/mol. The maximum Gasteiger partial charge on any atom is 0.0678 e. The molecule has 0 spiro atoms. The summed E-state index contributed by atoms with van der Waals surface area (Å²) in [6.45, 7) is 7.52. The van der Waals surface area contributed by atoms with E-state index in [9.17, 15) is 0 Å². The summed E-state index contributed by atoms with van der Waals surface area (Å²) in [4.78, 5) is 2.52. The second-order valence-corrected chi connectivity index (χ2v) is 6.61. The Morgan fingerprint density at radius 2 is 1.85 bits per heavy atom. The minimum atomic E-state index is 0.347. The smallest absolute Gasteiger partial charge is 0.0678 e. The Hall–Kier alpha value is -0.420. The van der Waals surface area contributed by atoms with Crippen molar-refractivity contribution in [1.29, 1.82) is 0 Å². The summed E-state index contributed by atoms with van der Waals surface area (Å²) in [5.74, 6) is 0. The second-order valence-electron chi connectivity index (χ2n) is 5.70. The highest BCUT2D eigenvalue weighted by atomic mass is 79.9. The summed E-state index contributed by atoms with van der Waals surface area (Å²) in [5, 5.41) is 3.43. The number of hydrogen-bond donors (Lipinski definition) is 1. The fourth-order valence-corrected chi connectivity index (χ4v) is 3.22. The molecule has 1 heterocycles. The average molecular weight is 341 g/mol. The molecule has 0 bridgehead atoms. The zero-order valence-corrected chi connectivity index (χ0v) is 14.2. The average Bonchev–Trinajstić information content (AvgIpc) is 2.40. The van der Waals surface area contributed by atoms with E-state index >= 15 is 0 Å². The van der Waals surface area contributed by atoms with E-state index in [1.165, 1.54) is 5.56 Å². The first-order valence-corrected chi connectivity index (χ1v) is 8.18. The van der Waals surface area contributed by atoms with Crippen molar-refractivity contribution in [3.05, 3.63) is 34.3 Å². The zero-order valence-electron chi connectivity index (χ0n) is 12.6. The molecule has 1 aromatic rings. The summed E-state index contributed by atoms with van der Waals surface area (Å²) in [7, 11) is 2.04. The summed E-state index contributed by atoms with van der Waals surface area (Å²) in [6.07, 6.45) is 1.82. The molecule has 1 aliphatic rings. The number of nitrogens with zero attached hydrogens (tertiary/aromatic N) is 1. The summed E-state index contributed by atoms with van der Waals surface area (Å²) in [6, 6.07) is 9.01. The zero-order chi connectivity index (χ0) is 14.5.